The Balaban J connectivity index is 1.78. The third-order valence-corrected chi connectivity index (χ3v) is 5.45. The van der Waals surface area contributed by atoms with Gasteiger partial charge in [0.1, 0.15) is 0 Å². The molecule has 1 N–H and O–H groups in total. The molecule has 0 aromatic carbocycles. The molecular weight excluding hydrogens is 328 g/mol. The Bertz CT molecular complexity index is 790. The summed E-state index contributed by atoms with van der Waals surface area (Å²) in [5, 5.41) is 8.44. The second kappa shape index (κ2) is 7.35. The number of amides is 1. The molecule has 2 fully saturated rings. The van der Waals surface area contributed by atoms with Crippen LogP contribution < -0.4 is 5.32 Å². The third kappa shape index (κ3) is 3.22. The highest BCUT2D eigenvalue weighted by atomic mass is 16.5. The van der Waals surface area contributed by atoms with Gasteiger partial charge in [0.2, 0.25) is 0 Å². The monoisotopic (exact) mass is 356 g/mol. The average molecular weight is 356 g/mol. The Labute approximate surface area is 154 Å². The van der Waals surface area contributed by atoms with E-state index in [1.165, 1.54) is 0 Å². The third-order valence-electron chi connectivity index (χ3n) is 5.45. The van der Waals surface area contributed by atoms with E-state index in [2.05, 4.69) is 29.3 Å². The number of hydrogen-bond donors (Lipinski definition) is 1. The Kier molecular flexibility index (Phi) is 4.94. The summed E-state index contributed by atoms with van der Waals surface area (Å²) in [6.07, 6.45) is 6.03. The summed E-state index contributed by atoms with van der Waals surface area (Å²) in [4.78, 5) is 20.3. The standard InChI is InChI=1S/C20H28N4O2/c1-3-5-16-18-15(11-17(13-6-7-13)22-19(18)26-23-16)20(25)24(10-4-2)14-8-9-21-12-14/h11,13-14,21H,3-10,12H2,1-2H3. The SMILES string of the molecule is CCCc1noc2nc(C3CC3)cc(C(=O)N(CCC)C3CCNC3)c12. The maximum absolute atomic E-state index is 13.6. The minimum Gasteiger partial charge on any atom is -0.336 e. The first-order valence-electron chi connectivity index (χ1n) is 10.0. The van der Waals surface area contributed by atoms with Gasteiger partial charge in [-0.2, -0.15) is 0 Å². The largest absolute Gasteiger partial charge is 0.336 e. The highest BCUT2D eigenvalue weighted by Gasteiger charge is 2.32. The van der Waals surface area contributed by atoms with Gasteiger partial charge in [-0.1, -0.05) is 25.4 Å². The van der Waals surface area contributed by atoms with Crippen molar-refractivity contribution in [2.24, 2.45) is 0 Å². The van der Waals surface area contributed by atoms with Crippen LogP contribution in [0.4, 0.5) is 0 Å². The average Bonchev–Trinajstić information content (AvgIpc) is 3.21. The molecule has 3 heterocycles. The zero-order valence-electron chi connectivity index (χ0n) is 15.8. The van der Waals surface area contributed by atoms with Crippen molar-refractivity contribution in [2.45, 2.75) is 64.3 Å². The van der Waals surface area contributed by atoms with Gasteiger partial charge in [0.15, 0.2) is 0 Å². The smallest absolute Gasteiger partial charge is 0.259 e. The molecule has 140 valence electrons. The zero-order chi connectivity index (χ0) is 18.1. The summed E-state index contributed by atoms with van der Waals surface area (Å²) in [7, 11) is 0. The van der Waals surface area contributed by atoms with E-state index in [0.29, 0.717) is 11.6 Å². The van der Waals surface area contributed by atoms with Crippen molar-refractivity contribution >= 4 is 17.0 Å². The van der Waals surface area contributed by atoms with E-state index < -0.39 is 0 Å². The summed E-state index contributed by atoms with van der Waals surface area (Å²) in [5.74, 6) is 0.578. The van der Waals surface area contributed by atoms with Crippen LogP contribution in [0.15, 0.2) is 10.6 Å². The molecule has 1 atom stereocenters. The summed E-state index contributed by atoms with van der Waals surface area (Å²) in [5.41, 5.74) is 3.12. The lowest BCUT2D eigenvalue weighted by Gasteiger charge is -2.28. The lowest BCUT2D eigenvalue weighted by molar-refractivity contribution is 0.0694. The van der Waals surface area contributed by atoms with Gasteiger partial charge >= 0.3 is 0 Å². The van der Waals surface area contributed by atoms with Crippen LogP contribution in [0.3, 0.4) is 0 Å². The lowest BCUT2D eigenvalue weighted by atomic mass is 10.0. The highest BCUT2D eigenvalue weighted by molar-refractivity contribution is 6.06. The Hall–Kier alpha value is -1.95. The molecule has 26 heavy (non-hydrogen) atoms. The van der Waals surface area contributed by atoms with Gasteiger partial charge in [-0.15, -0.1) is 0 Å². The van der Waals surface area contributed by atoms with Crippen molar-refractivity contribution in [2.75, 3.05) is 19.6 Å². The molecule has 0 bridgehead atoms. The molecule has 6 heteroatoms. The van der Waals surface area contributed by atoms with Gasteiger partial charge in [0.25, 0.3) is 11.6 Å². The van der Waals surface area contributed by atoms with E-state index >= 15 is 0 Å². The van der Waals surface area contributed by atoms with Gasteiger partial charge in [0.05, 0.1) is 16.6 Å². The fourth-order valence-corrected chi connectivity index (χ4v) is 3.94. The Morgan fingerprint density at radius 2 is 2.15 bits per heavy atom. The maximum Gasteiger partial charge on any atom is 0.259 e. The number of pyridine rings is 1. The first-order chi connectivity index (χ1) is 12.7. The predicted octanol–water partition coefficient (Wildman–Crippen LogP) is 3.27. The van der Waals surface area contributed by atoms with Crippen LogP contribution in [0.5, 0.6) is 0 Å². The molecule has 1 saturated carbocycles. The van der Waals surface area contributed by atoms with Gasteiger partial charge in [-0.3, -0.25) is 4.79 Å². The number of rotatable bonds is 7. The molecule has 1 aliphatic heterocycles. The summed E-state index contributed by atoms with van der Waals surface area (Å²) >= 11 is 0. The topological polar surface area (TPSA) is 71.3 Å². The number of fused-ring (bicyclic) bond motifs is 1. The number of carbonyl (C=O) groups excluding carboxylic acids is 1. The second-order valence-electron chi connectivity index (χ2n) is 7.57. The Morgan fingerprint density at radius 3 is 2.81 bits per heavy atom. The summed E-state index contributed by atoms with van der Waals surface area (Å²) in [6.45, 7) is 6.87. The first-order valence-corrected chi connectivity index (χ1v) is 10.0. The van der Waals surface area contributed by atoms with E-state index in [-0.39, 0.29) is 11.9 Å². The van der Waals surface area contributed by atoms with E-state index in [0.717, 1.165) is 80.5 Å². The molecule has 0 radical (unpaired) electrons. The van der Waals surface area contributed by atoms with E-state index in [1.807, 2.05) is 11.0 Å². The van der Waals surface area contributed by atoms with Gasteiger partial charge < -0.3 is 14.7 Å². The fourth-order valence-electron chi connectivity index (χ4n) is 3.94. The molecule has 2 aromatic heterocycles. The molecule has 1 aliphatic carbocycles. The molecule has 2 aliphatic rings. The van der Waals surface area contributed by atoms with Crippen LogP contribution in [-0.2, 0) is 6.42 Å². The van der Waals surface area contributed by atoms with Crippen LogP contribution in [0.2, 0.25) is 0 Å². The van der Waals surface area contributed by atoms with Crippen molar-refractivity contribution in [3.8, 4) is 0 Å². The lowest BCUT2D eigenvalue weighted by Crippen LogP contribution is -2.42. The number of carbonyl (C=O) groups is 1. The van der Waals surface area contributed by atoms with Crippen LogP contribution in [-0.4, -0.2) is 46.6 Å². The molecule has 1 amide bonds. The van der Waals surface area contributed by atoms with Gasteiger partial charge in [-0.05, 0) is 44.7 Å². The van der Waals surface area contributed by atoms with Gasteiger partial charge in [0, 0.05) is 30.7 Å². The number of hydrogen-bond acceptors (Lipinski definition) is 5. The van der Waals surface area contributed by atoms with Crippen LogP contribution in [0.25, 0.3) is 11.1 Å². The maximum atomic E-state index is 13.6. The zero-order valence-corrected chi connectivity index (χ0v) is 15.8. The van der Waals surface area contributed by atoms with Crippen molar-refractivity contribution < 1.29 is 9.32 Å². The fraction of sp³-hybridized carbons (Fsp3) is 0.650. The molecule has 1 unspecified atom stereocenters. The minimum absolute atomic E-state index is 0.107. The van der Waals surface area contributed by atoms with Gasteiger partial charge in [-0.25, -0.2) is 4.98 Å². The predicted molar refractivity (Wildman–Crippen MR) is 100 cm³/mol. The molecule has 0 spiro atoms. The molecular formula is C20H28N4O2. The highest BCUT2D eigenvalue weighted by Crippen LogP contribution is 2.41. The van der Waals surface area contributed by atoms with Crippen molar-refractivity contribution in [1.82, 2.24) is 20.4 Å². The van der Waals surface area contributed by atoms with Crippen molar-refractivity contribution in [3.05, 3.63) is 23.0 Å². The normalized spacial score (nSPS) is 20.0. The molecule has 2 aromatic rings. The van der Waals surface area contributed by atoms with Crippen LogP contribution in [0, 0.1) is 0 Å². The van der Waals surface area contributed by atoms with Crippen LogP contribution in [0.1, 0.15) is 73.6 Å². The number of aromatic nitrogens is 2. The molecule has 1 saturated heterocycles. The van der Waals surface area contributed by atoms with E-state index in [9.17, 15) is 4.79 Å². The van der Waals surface area contributed by atoms with E-state index in [4.69, 9.17) is 4.52 Å². The number of aryl methyl sites for hydroxylation is 1. The summed E-state index contributed by atoms with van der Waals surface area (Å²) < 4.78 is 5.53. The quantitative estimate of drug-likeness (QED) is 0.824. The second-order valence-corrected chi connectivity index (χ2v) is 7.57. The first kappa shape index (κ1) is 17.5. The van der Waals surface area contributed by atoms with Crippen LogP contribution >= 0.6 is 0 Å². The molecule has 6 nitrogen and oxygen atoms in total. The van der Waals surface area contributed by atoms with E-state index in [1.54, 1.807) is 0 Å². The van der Waals surface area contributed by atoms with Crippen molar-refractivity contribution in [3.63, 3.8) is 0 Å². The number of nitrogens with zero attached hydrogens (tertiary/aromatic N) is 3. The summed E-state index contributed by atoms with van der Waals surface area (Å²) in [6, 6.07) is 2.29. The number of nitrogens with one attached hydrogen (secondary N) is 1. The minimum atomic E-state index is 0.107. The Morgan fingerprint density at radius 1 is 1.31 bits per heavy atom. The molecule has 4 rings (SSSR count). The van der Waals surface area contributed by atoms with Crippen molar-refractivity contribution in [1.29, 1.82) is 0 Å².